The lowest BCUT2D eigenvalue weighted by atomic mass is 10.1. The van der Waals surface area contributed by atoms with Crippen LogP contribution in [0.15, 0.2) is 18.2 Å². The molecule has 2 rings (SSSR count). The Bertz CT molecular complexity index is 449. The summed E-state index contributed by atoms with van der Waals surface area (Å²) in [5.74, 6) is -0.455. The summed E-state index contributed by atoms with van der Waals surface area (Å²) >= 11 is 5.62. The lowest BCUT2D eigenvalue weighted by Crippen LogP contribution is -2.36. The first-order valence-corrected chi connectivity index (χ1v) is 6.42. The molecule has 0 heterocycles. The summed E-state index contributed by atoms with van der Waals surface area (Å²) in [6.45, 7) is 2.12. The molecule has 0 bridgehead atoms. The third-order valence-electron chi connectivity index (χ3n) is 2.95. The highest BCUT2D eigenvalue weighted by Crippen LogP contribution is 2.20. The highest BCUT2D eigenvalue weighted by molar-refractivity contribution is 6.30. The predicted molar refractivity (Wildman–Crippen MR) is 69.0 cm³/mol. The van der Waals surface area contributed by atoms with E-state index in [2.05, 4.69) is 10.6 Å². The molecule has 5 heteroatoms. The Labute approximate surface area is 111 Å². The number of hydrogen-bond donors (Lipinski definition) is 2. The largest absolute Gasteiger partial charge is 0.352 e. The zero-order chi connectivity index (χ0) is 13.1. The van der Waals surface area contributed by atoms with Crippen molar-refractivity contribution < 1.29 is 9.18 Å². The van der Waals surface area contributed by atoms with Crippen molar-refractivity contribution in [2.45, 2.75) is 31.8 Å². The molecule has 1 fully saturated rings. The molecule has 1 aliphatic carbocycles. The molecule has 1 aromatic carbocycles. The number of nitrogens with one attached hydrogen (secondary N) is 2. The van der Waals surface area contributed by atoms with E-state index in [1.54, 1.807) is 6.07 Å². The van der Waals surface area contributed by atoms with E-state index in [4.69, 9.17) is 11.6 Å². The van der Waals surface area contributed by atoms with Gasteiger partial charge in [0.25, 0.3) is 0 Å². The molecule has 2 N–H and O–H groups in total. The van der Waals surface area contributed by atoms with Crippen LogP contribution in [-0.2, 0) is 4.79 Å². The monoisotopic (exact) mass is 270 g/mol. The van der Waals surface area contributed by atoms with Crippen LogP contribution in [0.2, 0.25) is 5.02 Å². The van der Waals surface area contributed by atoms with Crippen LogP contribution in [0.25, 0.3) is 0 Å². The van der Waals surface area contributed by atoms with E-state index in [0.717, 1.165) is 18.4 Å². The number of carbonyl (C=O) groups is 1. The number of carbonyl (C=O) groups excluding carboxylic acids is 1. The van der Waals surface area contributed by atoms with Crippen molar-refractivity contribution in [3.8, 4) is 0 Å². The van der Waals surface area contributed by atoms with Crippen molar-refractivity contribution in [2.75, 3.05) is 6.54 Å². The Morgan fingerprint density at radius 2 is 2.28 bits per heavy atom. The first kappa shape index (κ1) is 13.3. The molecule has 1 aliphatic rings. The van der Waals surface area contributed by atoms with Crippen molar-refractivity contribution in [1.29, 1.82) is 0 Å². The Kier molecular flexibility index (Phi) is 4.19. The number of hydrogen-bond acceptors (Lipinski definition) is 2. The zero-order valence-corrected chi connectivity index (χ0v) is 10.9. The minimum atomic E-state index is -0.440. The maximum Gasteiger partial charge on any atom is 0.234 e. The van der Waals surface area contributed by atoms with Crippen LogP contribution < -0.4 is 10.6 Å². The molecule has 0 aliphatic heterocycles. The summed E-state index contributed by atoms with van der Waals surface area (Å²) in [4.78, 5) is 11.5. The van der Waals surface area contributed by atoms with Gasteiger partial charge in [-0.2, -0.15) is 0 Å². The Morgan fingerprint density at radius 1 is 1.56 bits per heavy atom. The van der Waals surface area contributed by atoms with Crippen LogP contribution in [0.3, 0.4) is 0 Å². The van der Waals surface area contributed by atoms with Gasteiger partial charge in [-0.3, -0.25) is 4.79 Å². The van der Waals surface area contributed by atoms with Crippen LogP contribution >= 0.6 is 11.6 Å². The van der Waals surface area contributed by atoms with Gasteiger partial charge in [0, 0.05) is 12.1 Å². The molecule has 1 amide bonds. The van der Waals surface area contributed by atoms with E-state index in [9.17, 15) is 9.18 Å². The Hall–Kier alpha value is -1.13. The summed E-state index contributed by atoms with van der Waals surface area (Å²) in [5, 5.41) is 6.05. The smallest absolute Gasteiger partial charge is 0.234 e. The fraction of sp³-hybridized carbons (Fsp3) is 0.462. The van der Waals surface area contributed by atoms with Crippen LogP contribution in [0.1, 0.15) is 31.4 Å². The third-order valence-corrected chi connectivity index (χ3v) is 3.26. The average Bonchev–Trinajstić information content (AvgIpc) is 3.13. The van der Waals surface area contributed by atoms with E-state index in [-0.39, 0.29) is 23.5 Å². The fourth-order valence-corrected chi connectivity index (χ4v) is 1.77. The summed E-state index contributed by atoms with van der Waals surface area (Å²) in [6, 6.07) is 4.93. The quantitative estimate of drug-likeness (QED) is 0.863. The highest BCUT2D eigenvalue weighted by Gasteiger charge is 2.23. The second-order valence-corrected chi connectivity index (χ2v) is 5.03. The molecule has 0 aromatic heterocycles. The van der Waals surface area contributed by atoms with Gasteiger partial charge in [0.15, 0.2) is 0 Å². The molecule has 1 atom stereocenters. The molecular formula is C13H16ClFN2O. The maximum absolute atomic E-state index is 13.3. The predicted octanol–water partition coefficient (Wildman–Crippen LogP) is 2.41. The summed E-state index contributed by atoms with van der Waals surface area (Å²) in [6.07, 6.45) is 2.15. The first-order valence-electron chi connectivity index (χ1n) is 6.04. The van der Waals surface area contributed by atoms with E-state index >= 15 is 0 Å². The zero-order valence-electron chi connectivity index (χ0n) is 10.2. The molecule has 18 heavy (non-hydrogen) atoms. The summed E-state index contributed by atoms with van der Waals surface area (Å²) < 4.78 is 13.3. The van der Waals surface area contributed by atoms with Gasteiger partial charge in [0.1, 0.15) is 5.82 Å². The van der Waals surface area contributed by atoms with E-state index in [1.165, 1.54) is 12.1 Å². The van der Waals surface area contributed by atoms with Gasteiger partial charge in [-0.15, -0.1) is 0 Å². The second-order valence-electron chi connectivity index (χ2n) is 4.62. The van der Waals surface area contributed by atoms with E-state index in [1.807, 2.05) is 6.92 Å². The van der Waals surface area contributed by atoms with Gasteiger partial charge in [-0.05, 0) is 37.5 Å². The van der Waals surface area contributed by atoms with Crippen LogP contribution in [0.4, 0.5) is 4.39 Å². The third kappa shape index (κ3) is 3.68. The van der Waals surface area contributed by atoms with Gasteiger partial charge in [0.2, 0.25) is 5.91 Å². The Morgan fingerprint density at radius 3 is 2.89 bits per heavy atom. The molecule has 0 radical (unpaired) electrons. The van der Waals surface area contributed by atoms with Crippen molar-refractivity contribution >= 4 is 17.5 Å². The molecule has 98 valence electrons. The normalized spacial score (nSPS) is 16.4. The van der Waals surface area contributed by atoms with Crippen LogP contribution in [0.5, 0.6) is 0 Å². The second kappa shape index (κ2) is 5.67. The lowest BCUT2D eigenvalue weighted by molar-refractivity contribution is -0.120. The van der Waals surface area contributed by atoms with Crippen molar-refractivity contribution in [1.82, 2.24) is 10.6 Å². The van der Waals surface area contributed by atoms with Gasteiger partial charge in [-0.1, -0.05) is 17.7 Å². The number of halogens is 2. The topological polar surface area (TPSA) is 41.1 Å². The van der Waals surface area contributed by atoms with Gasteiger partial charge >= 0.3 is 0 Å². The first-order chi connectivity index (χ1) is 8.56. The van der Waals surface area contributed by atoms with E-state index in [0.29, 0.717) is 6.04 Å². The van der Waals surface area contributed by atoms with Gasteiger partial charge < -0.3 is 10.6 Å². The molecule has 1 saturated carbocycles. The van der Waals surface area contributed by atoms with Crippen molar-refractivity contribution in [3.63, 3.8) is 0 Å². The molecule has 1 unspecified atom stereocenters. The lowest BCUT2D eigenvalue weighted by Gasteiger charge is -2.14. The van der Waals surface area contributed by atoms with Crippen LogP contribution in [0, 0.1) is 5.82 Å². The molecule has 1 aromatic rings. The van der Waals surface area contributed by atoms with Crippen molar-refractivity contribution in [3.05, 3.63) is 34.6 Å². The highest BCUT2D eigenvalue weighted by atomic mass is 35.5. The Balaban J connectivity index is 1.84. The molecule has 0 saturated heterocycles. The SMILES string of the molecule is CC(NCC(=O)NC1CC1)c1ccc(Cl)c(F)c1. The standard InChI is InChI=1S/C13H16ClFN2O/c1-8(9-2-5-11(14)12(15)6-9)16-7-13(18)17-10-3-4-10/h2,5-6,8,10,16H,3-4,7H2,1H3,(H,17,18). The number of amides is 1. The average molecular weight is 271 g/mol. The minimum Gasteiger partial charge on any atom is -0.352 e. The van der Waals surface area contributed by atoms with Gasteiger partial charge in [0.05, 0.1) is 11.6 Å². The number of rotatable bonds is 5. The summed E-state index contributed by atoms with van der Waals surface area (Å²) in [5.41, 5.74) is 0.774. The molecular weight excluding hydrogens is 255 g/mol. The fourth-order valence-electron chi connectivity index (χ4n) is 1.65. The maximum atomic E-state index is 13.3. The van der Waals surface area contributed by atoms with Crippen molar-refractivity contribution in [2.24, 2.45) is 0 Å². The minimum absolute atomic E-state index is 0.0150. The molecule has 3 nitrogen and oxygen atoms in total. The van der Waals surface area contributed by atoms with Crippen LogP contribution in [-0.4, -0.2) is 18.5 Å². The van der Waals surface area contributed by atoms with E-state index < -0.39 is 5.82 Å². The van der Waals surface area contributed by atoms with Gasteiger partial charge in [-0.25, -0.2) is 4.39 Å². The number of benzene rings is 1. The molecule has 0 spiro atoms. The summed E-state index contributed by atoms with van der Waals surface area (Å²) in [7, 11) is 0.